The number of H-pyrrole nitrogens is 1. The number of rotatable bonds is 8. The van der Waals surface area contributed by atoms with Gasteiger partial charge in [-0.1, -0.05) is 54.1 Å². The predicted octanol–water partition coefficient (Wildman–Crippen LogP) is 5.95. The van der Waals surface area contributed by atoms with Crippen LogP contribution in [-0.4, -0.2) is 30.3 Å². The van der Waals surface area contributed by atoms with Crippen molar-refractivity contribution in [3.05, 3.63) is 83.4 Å². The molecule has 0 fully saturated rings. The molecule has 0 bridgehead atoms. The monoisotopic (exact) mass is 450 g/mol. The number of hydrogen-bond donors (Lipinski definition) is 2. The molecular weight excluding hydrogens is 428 g/mol. The van der Waals surface area contributed by atoms with Crippen molar-refractivity contribution in [1.29, 1.82) is 0 Å². The third kappa shape index (κ3) is 5.24. The highest BCUT2D eigenvalue weighted by Crippen LogP contribution is 2.37. The maximum atomic E-state index is 12.3. The quantitative estimate of drug-likeness (QED) is 0.257. The maximum Gasteiger partial charge on any atom is 0.224 e. The number of thioether (sulfide) groups is 1. The van der Waals surface area contributed by atoms with E-state index in [0.29, 0.717) is 18.0 Å². The molecule has 31 heavy (non-hydrogen) atoms. The van der Waals surface area contributed by atoms with Crippen molar-refractivity contribution in [3.8, 4) is 17.0 Å². The van der Waals surface area contributed by atoms with Crippen molar-refractivity contribution >= 4 is 40.2 Å². The molecule has 4 rings (SSSR count). The van der Waals surface area contributed by atoms with Crippen LogP contribution < -0.4 is 10.1 Å². The average Bonchev–Trinajstić information content (AvgIpc) is 3.16. The number of ether oxygens (including phenoxy) is 1. The summed E-state index contributed by atoms with van der Waals surface area (Å²) in [6.07, 6.45) is 0.359. The molecule has 1 aromatic heterocycles. The molecule has 6 heteroatoms. The zero-order valence-corrected chi connectivity index (χ0v) is 18.7. The van der Waals surface area contributed by atoms with E-state index in [9.17, 15) is 4.79 Å². The van der Waals surface area contributed by atoms with Gasteiger partial charge < -0.3 is 15.0 Å². The molecule has 0 spiro atoms. The van der Waals surface area contributed by atoms with Crippen molar-refractivity contribution < 1.29 is 9.53 Å². The molecule has 0 aliphatic carbocycles. The number of amides is 1. The lowest BCUT2D eigenvalue weighted by Gasteiger charge is -2.08. The van der Waals surface area contributed by atoms with Crippen LogP contribution in [0.2, 0.25) is 5.02 Å². The number of carbonyl (C=O) groups excluding carboxylic acids is 1. The molecule has 3 aromatic carbocycles. The Hall–Kier alpha value is -2.89. The van der Waals surface area contributed by atoms with Gasteiger partial charge >= 0.3 is 0 Å². The van der Waals surface area contributed by atoms with Gasteiger partial charge in [0, 0.05) is 33.1 Å². The number of para-hydroxylation sites is 1. The van der Waals surface area contributed by atoms with E-state index < -0.39 is 0 Å². The second kappa shape index (κ2) is 9.94. The van der Waals surface area contributed by atoms with Crippen LogP contribution in [0.4, 0.5) is 0 Å². The Kier molecular flexibility index (Phi) is 6.85. The lowest BCUT2D eigenvalue weighted by atomic mass is 10.1. The first-order chi connectivity index (χ1) is 15.1. The third-order valence-electron chi connectivity index (χ3n) is 4.99. The van der Waals surface area contributed by atoms with E-state index in [1.165, 1.54) is 10.3 Å². The summed E-state index contributed by atoms with van der Waals surface area (Å²) in [4.78, 5) is 17.0. The zero-order valence-electron chi connectivity index (χ0n) is 17.2. The van der Waals surface area contributed by atoms with E-state index in [2.05, 4.69) is 22.4 Å². The SMILES string of the molecule is COc1ccc(CC(=O)NCCSc2c(-c3ccc(Cl)cc3)[nH]c3ccccc23)cc1. The molecule has 0 saturated heterocycles. The summed E-state index contributed by atoms with van der Waals surface area (Å²) in [7, 11) is 1.63. The summed E-state index contributed by atoms with van der Waals surface area (Å²) in [5, 5.41) is 4.92. The van der Waals surface area contributed by atoms with Crippen LogP contribution in [0.1, 0.15) is 5.56 Å². The van der Waals surface area contributed by atoms with Gasteiger partial charge in [0.2, 0.25) is 5.91 Å². The average molecular weight is 451 g/mol. The summed E-state index contributed by atoms with van der Waals surface area (Å²) in [5.41, 5.74) is 4.23. The molecule has 0 unspecified atom stereocenters. The highest BCUT2D eigenvalue weighted by molar-refractivity contribution is 7.99. The normalized spacial score (nSPS) is 10.9. The third-order valence-corrected chi connectivity index (χ3v) is 6.36. The Morgan fingerprint density at radius 2 is 1.77 bits per heavy atom. The molecule has 2 N–H and O–H groups in total. The molecule has 0 aliphatic rings. The number of benzene rings is 3. The summed E-state index contributed by atoms with van der Waals surface area (Å²) in [5.74, 6) is 1.58. The molecule has 1 amide bonds. The van der Waals surface area contributed by atoms with Crippen molar-refractivity contribution in [2.24, 2.45) is 0 Å². The Morgan fingerprint density at radius 1 is 1.03 bits per heavy atom. The Labute approximate surface area is 191 Å². The van der Waals surface area contributed by atoms with Gasteiger partial charge in [-0.3, -0.25) is 4.79 Å². The lowest BCUT2D eigenvalue weighted by molar-refractivity contribution is -0.120. The molecule has 0 aliphatic heterocycles. The Morgan fingerprint density at radius 3 is 2.52 bits per heavy atom. The van der Waals surface area contributed by atoms with Crippen LogP contribution in [0.15, 0.2) is 77.7 Å². The summed E-state index contributed by atoms with van der Waals surface area (Å²) >= 11 is 7.80. The first-order valence-corrected chi connectivity index (χ1v) is 11.4. The second-order valence-electron chi connectivity index (χ2n) is 7.10. The highest BCUT2D eigenvalue weighted by Gasteiger charge is 2.14. The topological polar surface area (TPSA) is 54.1 Å². The van der Waals surface area contributed by atoms with E-state index in [1.807, 2.05) is 60.7 Å². The molecule has 1 heterocycles. The van der Waals surface area contributed by atoms with Gasteiger partial charge in [-0.2, -0.15) is 0 Å². The van der Waals surface area contributed by atoms with E-state index in [4.69, 9.17) is 16.3 Å². The van der Waals surface area contributed by atoms with Crippen molar-refractivity contribution in [2.75, 3.05) is 19.4 Å². The first kappa shape index (κ1) is 21.3. The molecule has 0 saturated carbocycles. The molecule has 158 valence electrons. The van der Waals surface area contributed by atoms with E-state index in [1.54, 1.807) is 18.9 Å². The van der Waals surface area contributed by atoms with Gasteiger partial charge in [0.25, 0.3) is 0 Å². The van der Waals surface area contributed by atoms with Crippen LogP contribution in [-0.2, 0) is 11.2 Å². The number of nitrogens with one attached hydrogen (secondary N) is 2. The van der Waals surface area contributed by atoms with Gasteiger partial charge in [-0.15, -0.1) is 11.8 Å². The van der Waals surface area contributed by atoms with E-state index in [0.717, 1.165) is 33.8 Å². The molecule has 0 radical (unpaired) electrons. The number of carbonyl (C=O) groups is 1. The minimum atomic E-state index is 0.0163. The van der Waals surface area contributed by atoms with Crippen molar-refractivity contribution in [1.82, 2.24) is 10.3 Å². The minimum absolute atomic E-state index is 0.0163. The van der Waals surface area contributed by atoms with Crippen LogP contribution in [0.25, 0.3) is 22.2 Å². The fourth-order valence-corrected chi connectivity index (χ4v) is 4.60. The van der Waals surface area contributed by atoms with E-state index >= 15 is 0 Å². The van der Waals surface area contributed by atoms with Crippen LogP contribution in [0.3, 0.4) is 0 Å². The maximum absolute atomic E-state index is 12.3. The largest absolute Gasteiger partial charge is 0.497 e. The van der Waals surface area contributed by atoms with Crippen LogP contribution in [0, 0.1) is 0 Å². The van der Waals surface area contributed by atoms with Gasteiger partial charge in [-0.25, -0.2) is 0 Å². The second-order valence-corrected chi connectivity index (χ2v) is 8.65. The lowest BCUT2D eigenvalue weighted by Crippen LogP contribution is -2.27. The number of hydrogen-bond acceptors (Lipinski definition) is 3. The van der Waals surface area contributed by atoms with Gasteiger partial charge in [0.1, 0.15) is 5.75 Å². The fraction of sp³-hybridized carbons (Fsp3) is 0.160. The minimum Gasteiger partial charge on any atom is -0.497 e. The molecule has 4 nitrogen and oxygen atoms in total. The van der Waals surface area contributed by atoms with Crippen LogP contribution >= 0.6 is 23.4 Å². The zero-order chi connectivity index (χ0) is 21.6. The summed E-state index contributed by atoms with van der Waals surface area (Å²) in [6.45, 7) is 0.596. The number of halogens is 1. The number of methoxy groups -OCH3 is 1. The van der Waals surface area contributed by atoms with Gasteiger partial charge in [0.05, 0.1) is 19.2 Å². The van der Waals surface area contributed by atoms with E-state index in [-0.39, 0.29) is 5.91 Å². The van der Waals surface area contributed by atoms with Crippen LogP contribution in [0.5, 0.6) is 5.75 Å². The Bertz CT molecular complexity index is 1170. The van der Waals surface area contributed by atoms with Gasteiger partial charge in [-0.05, 0) is 41.5 Å². The van der Waals surface area contributed by atoms with Crippen molar-refractivity contribution in [2.45, 2.75) is 11.3 Å². The number of aromatic nitrogens is 1. The van der Waals surface area contributed by atoms with Gasteiger partial charge in [0.15, 0.2) is 0 Å². The molecular formula is C25H23ClN2O2S. The number of fused-ring (bicyclic) bond motifs is 1. The first-order valence-electron chi connectivity index (χ1n) is 10.0. The smallest absolute Gasteiger partial charge is 0.224 e. The molecule has 0 atom stereocenters. The summed E-state index contributed by atoms with van der Waals surface area (Å²) < 4.78 is 5.15. The molecule has 4 aromatic rings. The van der Waals surface area contributed by atoms with Crippen molar-refractivity contribution in [3.63, 3.8) is 0 Å². The number of aromatic amines is 1. The summed E-state index contributed by atoms with van der Waals surface area (Å²) in [6, 6.07) is 23.7. The fourth-order valence-electron chi connectivity index (χ4n) is 3.42. The highest BCUT2D eigenvalue weighted by atomic mass is 35.5. The predicted molar refractivity (Wildman–Crippen MR) is 129 cm³/mol. The Balaban J connectivity index is 1.40. The standard InChI is InChI=1S/C25H23ClN2O2S/c1-30-20-12-6-17(7-13-20)16-23(29)27-14-15-31-25-21-4-2-3-5-22(21)28-24(25)18-8-10-19(26)11-9-18/h2-13,28H,14-16H2,1H3,(H,27,29).